The molecule has 0 aliphatic carbocycles. The molecule has 7 nitrogen and oxygen atoms in total. The lowest BCUT2D eigenvalue weighted by atomic mass is 10.1. The second-order valence-corrected chi connectivity index (χ2v) is 7.15. The van der Waals surface area contributed by atoms with Gasteiger partial charge in [-0.05, 0) is 24.6 Å². The van der Waals surface area contributed by atoms with Gasteiger partial charge in [0.15, 0.2) is 9.84 Å². The molecule has 2 N–H and O–H groups in total. The van der Waals surface area contributed by atoms with Gasteiger partial charge in [0, 0.05) is 24.2 Å². The normalized spacial score (nSPS) is 11.4. The molecule has 118 valence electrons. The first kappa shape index (κ1) is 15.2. The molecule has 3 aromatic rings. The topological polar surface area (TPSA) is 101 Å². The number of benzene rings is 1. The van der Waals surface area contributed by atoms with Crippen molar-refractivity contribution in [2.75, 3.05) is 11.6 Å². The molecule has 2 aromatic heterocycles. The monoisotopic (exact) mass is 329 g/mol. The van der Waals surface area contributed by atoms with Crippen LogP contribution < -0.4 is 5.32 Å². The van der Waals surface area contributed by atoms with E-state index in [-0.39, 0.29) is 4.90 Å². The van der Waals surface area contributed by atoms with Crippen molar-refractivity contribution in [3.8, 4) is 11.3 Å². The molecule has 0 spiro atoms. The molecule has 3 rings (SSSR count). The van der Waals surface area contributed by atoms with Crippen molar-refractivity contribution in [2.45, 2.75) is 11.8 Å². The summed E-state index contributed by atoms with van der Waals surface area (Å²) in [5, 5.41) is 9.60. The van der Waals surface area contributed by atoms with E-state index in [0.717, 1.165) is 22.5 Å². The predicted octanol–water partition coefficient (Wildman–Crippen LogP) is 2.32. The summed E-state index contributed by atoms with van der Waals surface area (Å²) in [7, 11) is -3.21. The number of aromatic amines is 1. The molecule has 0 fully saturated rings. The Morgan fingerprint density at radius 1 is 1.13 bits per heavy atom. The number of aryl methyl sites for hydroxylation is 1. The molecule has 0 saturated carbocycles. The van der Waals surface area contributed by atoms with Crippen LogP contribution in [0.3, 0.4) is 0 Å². The van der Waals surface area contributed by atoms with E-state index in [1.54, 1.807) is 42.9 Å². The average molecular weight is 329 g/mol. The number of sulfone groups is 1. The Balaban J connectivity index is 1.95. The average Bonchev–Trinajstić information content (AvgIpc) is 3.01. The van der Waals surface area contributed by atoms with Crippen molar-refractivity contribution in [2.24, 2.45) is 0 Å². The first-order valence-corrected chi connectivity index (χ1v) is 8.72. The summed E-state index contributed by atoms with van der Waals surface area (Å²) in [6.45, 7) is 1.90. The maximum atomic E-state index is 11.5. The number of nitrogens with one attached hydrogen (secondary N) is 2. The van der Waals surface area contributed by atoms with Gasteiger partial charge in [-0.25, -0.2) is 18.4 Å². The zero-order chi connectivity index (χ0) is 16.4. The molecule has 23 heavy (non-hydrogen) atoms. The maximum absolute atomic E-state index is 11.5. The molecule has 0 radical (unpaired) electrons. The summed E-state index contributed by atoms with van der Waals surface area (Å²) < 4.78 is 23.1. The van der Waals surface area contributed by atoms with Gasteiger partial charge in [-0.1, -0.05) is 12.1 Å². The predicted molar refractivity (Wildman–Crippen MR) is 87.2 cm³/mol. The highest BCUT2D eigenvalue weighted by Gasteiger charge is 2.10. The van der Waals surface area contributed by atoms with Crippen LogP contribution in [0.4, 0.5) is 11.6 Å². The van der Waals surface area contributed by atoms with Gasteiger partial charge in [0.2, 0.25) is 5.95 Å². The van der Waals surface area contributed by atoms with Crippen LogP contribution in [0, 0.1) is 6.92 Å². The SMILES string of the molecule is Cc1cnc(Nc2cn[nH]c2)nc1-c1ccc(S(C)(=O)=O)cc1. The second-order valence-electron chi connectivity index (χ2n) is 5.13. The largest absolute Gasteiger partial charge is 0.321 e. The number of rotatable bonds is 4. The van der Waals surface area contributed by atoms with Gasteiger partial charge in [0.05, 0.1) is 22.5 Å². The smallest absolute Gasteiger partial charge is 0.227 e. The summed E-state index contributed by atoms with van der Waals surface area (Å²) in [5.41, 5.74) is 3.22. The van der Waals surface area contributed by atoms with Crippen molar-refractivity contribution in [3.63, 3.8) is 0 Å². The van der Waals surface area contributed by atoms with Crippen LogP contribution in [0.1, 0.15) is 5.56 Å². The van der Waals surface area contributed by atoms with Crippen LogP contribution in [0.5, 0.6) is 0 Å². The van der Waals surface area contributed by atoms with Gasteiger partial charge in [-0.2, -0.15) is 5.10 Å². The molecule has 0 unspecified atom stereocenters. The Kier molecular flexibility index (Phi) is 3.83. The van der Waals surface area contributed by atoms with E-state index in [4.69, 9.17) is 0 Å². The molecule has 8 heteroatoms. The van der Waals surface area contributed by atoms with Crippen LogP contribution in [0.15, 0.2) is 47.8 Å². The van der Waals surface area contributed by atoms with E-state index in [1.165, 1.54) is 6.26 Å². The van der Waals surface area contributed by atoms with Gasteiger partial charge in [0.1, 0.15) is 0 Å². The van der Waals surface area contributed by atoms with E-state index in [0.29, 0.717) is 5.95 Å². The number of H-pyrrole nitrogens is 1. The first-order chi connectivity index (χ1) is 10.9. The number of hydrogen-bond acceptors (Lipinski definition) is 6. The Labute approximate surface area is 133 Å². The van der Waals surface area contributed by atoms with Crippen molar-refractivity contribution >= 4 is 21.5 Å². The third-order valence-electron chi connectivity index (χ3n) is 3.28. The maximum Gasteiger partial charge on any atom is 0.227 e. The fourth-order valence-corrected chi connectivity index (χ4v) is 2.73. The minimum Gasteiger partial charge on any atom is -0.321 e. The summed E-state index contributed by atoms with van der Waals surface area (Å²) >= 11 is 0. The molecule has 0 aliphatic rings. The lowest BCUT2D eigenvalue weighted by Crippen LogP contribution is -2.00. The molecule has 0 amide bonds. The molecule has 0 bridgehead atoms. The molecule has 0 aliphatic heterocycles. The molecule has 1 aromatic carbocycles. The zero-order valence-corrected chi connectivity index (χ0v) is 13.4. The number of nitrogens with zero attached hydrogens (tertiary/aromatic N) is 3. The van der Waals surface area contributed by atoms with Gasteiger partial charge in [0.25, 0.3) is 0 Å². The highest BCUT2D eigenvalue weighted by atomic mass is 32.2. The van der Waals surface area contributed by atoms with E-state index in [9.17, 15) is 8.42 Å². The molecular formula is C15H15N5O2S. The standard InChI is InChI=1S/C15H15N5O2S/c1-10-7-16-15(19-12-8-17-18-9-12)20-14(10)11-3-5-13(6-4-11)23(2,21)22/h3-9H,1-2H3,(H,17,18)(H,16,19,20). The van der Waals surface area contributed by atoms with Crippen molar-refractivity contribution in [1.29, 1.82) is 0 Å². The number of anilines is 2. The first-order valence-electron chi connectivity index (χ1n) is 6.83. The van der Waals surface area contributed by atoms with E-state index >= 15 is 0 Å². The van der Waals surface area contributed by atoms with Crippen LogP contribution in [0.25, 0.3) is 11.3 Å². The third-order valence-corrected chi connectivity index (χ3v) is 4.41. The summed E-state index contributed by atoms with van der Waals surface area (Å²) in [6.07, 6.45) is 6.23. The molecule has 2 heterocycles. The fraction of sp³-hybridized carbons (Fsp3) is 0.133. The Morgan fingerprint density at radius 3 is 2.48 bits per heavy atom. The zero-order valence-electron chi connectivity index (χ0n) is 12.6. The van der Waals surface area contributed by atoms with E-state index in [2.05, 4.69) is 25.5 Å². The van der Waals surface area contributed by atoms with E-state index in [1.807, 2.05) is 6.92 Å². The van der Waals surface area contributed by atoms with Crippen LogP contribution in [0.2, 0.25) is 0 Å². The Bertz CT molecular complexity index is 919. The van der Waals surface area contributed by atoms with Gasteiger partial charge in [-0.15, -0.1) is 0 Å². The molecule has 0 atom stereocenters. The summed E-state index contributed by atoms with van der Waals surface area (Å²) in [5.74, 6) is 0.444. The lowest BCUT2D eigenvalue weighted by molar-refractivity contribution is 0.602. The van der Waals surface area contributed by atoms with Gasteiger partial charge < -0.3 is 5.32 Å². The Hall–Kier alpha value is -2.74. The van der Waals surface area contributed by atoms with Crippen molar-refractivity contribution < 1.29 is 8.42 Å². The lowest BCUT2D eigenvalue weighted by Gasteiger charge is -2.08. The van der Waals surface area contributed by atoms with Crippen LogP contribution >= 0.6 is 0 Å². The fourth-order valence-electron chi connectivity index (χ4n) is 2.10. The summed E-state index contributed by atoms with van der Waals surface area (Å²) in [6, 6.07) is 6.64. The second kappa shape index (κ2) is 5.81. The van der Waals surface area contributed by atoms with E-state index < -0.39 is 9.84 Å². The minimum atomic E-state index is -3.21. The minimum absolute atomic E-state index is 0.282. The quantitative estimate of drug-likeness (QED) is 0.762. The Morgan fingerprint density at radius 2 is 1.87 bits per heavy atom. The highest BCUT2D eigenvalue weighted by molar-refractivity contribution is 7.90. The van der Waals surface area contributed by atoms with Gasteiger partial charge in [-0.3, -0.25) is 5.10 Å². The third kappa shape index (κ3) is 3.37. The summed E-state index contributed by atoms with van der Waals surface area (Å²) in [4.78, 5) is 9.01. The van der Waals surface area contributed by atoms with Gasteiger partial charge >= 0.3 is 0 Å². The van der Waals surface area contributed by atoms with Crippen molar-refractivity contribution in [3.05, 3.63) is 48.4 Å². The van der Waals surface area contributed by atoms with Crippen LogP contribution in [-0.2, 0) is 9.84 Å². The number of hydrogen-bond donors (Lipinski definition) is 2. The molecule has 0 saturated heterocycles. The number of aromatic nitrogens is 4. The van der Waals surface area contributed by atoms with Crippen LogP contribution in [-0.4, -0.2) is 34.8 Å². The van der Waals surface area contributed by atoms with Crippen molar-refractivity contribution in [1.82, 2.24) is 20.2 Å². The highest BCUT2D eigenvalue weighted by Crippen LogP contribution is 2.24. The molecular weight excluding hydrogens is 314 g/mol.